The molecule has 1 saturated carbocycles. The van der Waals surface area contributed by atoms with Crippen LogP contribution in [0.4, 0.5) is 5.95 Å². The molecule has 0 amide bonds. The van der Waals surface area contributed by atoms with Gasteiger partial charge in [-0.2, -0.15) is 0 Å². The zero-order chi connectivity index (χ0) is 11.8. The molecular formula is C12H17ClN4. The molecule has 1 aromatic rings. The van der Waals surface area contributed by atoms with Crippen LogP contribution in [0.2, 0.25) is 5.02 Å². The summed E-state index contributed by atoms with van der Waals surface area (Å²) >= 11 is 5.76. The lowest BCUT2D eigenvalue weighted by Crippen LogP contribution is -2.31. The minimum Gasteiger partial charge on any atom is -0.350 e. The summed E-state index contributed by atoms with van der Waals surface area (Å²) in [5.41, 5.74) is 0. The lowest BCUT2D eigenvalue weighted by Gasteiger charge is -2.19. The molecule has 17 heavy (non-hydrogen) atoms. The maximum absolute atomic E-state index is 5.76. The Bertz CT molecular complexity index is 390. The molecule has 1 N–H and O–H groups in total. The van der Waals surface area contributed by atoms with Gasteiger partial charge < -0.3 is 5.32 Å². The molecule has 0 spiro atoms. The third-order valence-electron chi connectivity index (χ3n) is 3.59. The van der Waals surface area contributed by atoms with E-state index in [-0.39, 0.29) is 0 Å². The predicted molar refractivity (Wildman–Crippen MR) is 68.3 cm³/mol. The van der Waals surface area contributed by atoms with E-state index in [0.717, 1.165) is 12.6 Å². The predicted octanol–water partition coefficient (Wildman–Crippen LogP) is 2.17. The van der Waals surface area contributed by atoms with Crippen molar-refractivity contribution in [1.82, 2.24) is 14.9 Å². The number of hydrogen-bond acceptors (Lipinski definition) is 4. The zero-order valence-corrected chi connectivity index (χ0v) is 10.7. The standard InChI is InChI=1S/C12H17ClN4/c1-8-4-10(7-17(8)11-2-3-11)16-12-14-5-9(13)6-15-12/h5-6,8,10-11H,2-4,7H2,1H3,(H,14,15,16). The molecular weight excluding hydrogens is 236 g/mol. The van der Waals surface area contributed by atoms with Crippen LogP contribution in [0.5, 0.6) is 0 Å². The van der Waals surface area contributed by atoms with Crippen LogP contribution in [-0.2, 0) is 0 Å². The molecule has 1 aliphatic heterocycles. The minimum atomic E-state index is 0.465. The van der Waals surface area contributed by atoms with Gasteiger partial charge in [0, 0.05) is 24.7 Å². The number of nitrogens with zero attached hydrogens (tertiary/aromatic N) is 3. The monoisotopic (exact) mass is 252 g/mol. The van der Waals surface area contributed by atoms with E-state index in [2.05, 4.69) is 27.1 Å². The highest BCUT2D eigenvalue weighted by Crippen LogP contribution is 2.33. The highest BCUT2D eigenvalue weighted by molar-refractivity contribution is 6.30. The van der Waals surface area contributed by atoms with E-state index >= 15 is 0 Å². The lowest BCUT2D eigenvalue weighted by molar-refractivity contribution is 0.257. The summed E-state index contributed by atoms with van der Waals surface area (Å²) < 4.78 is 0. The SMILES string of the molecule is CC1CC(Nc2ncc(Cl)cn2)CN1C1CC1. The van der Waals surface area contributed by atoms with Crippen molar-refractivity contribution in [2.75, 3.05) is 11.9 Å². The summed E-state index contributed by atoms with van der Waals surface area (Å²) in [6.07, 6.45) is 7.17. The Morgan fingerprint density at radius 1 is 1.35 bits per heavy atom. The van der Waals surface area contributed by atoms with Crippen LogP contribution in [0.3, 0.4) is 0 Å². The summed E-state index contributed by atoms with van der Waals surface area (Å²) in [5.74, 6) is 0.684. The van der Waals surface area contributed by atoms with Crippen LogP contribution in [0.15, 0.2) is 12.4 Å². The fourth-order valence-electron chi connectivity index (χ4n) is 2.65. The van der Waals surface area contributed by atoms with Gasteiger partial charge >= 0.3 is 0 Å². The number of likely N-dealkylation sites (tertiary alicyclic amines) is 1. The largest absolute Gasteiger partial charge is 0.350 e. The first-order valence-electron chi connectivity index (χ1n) is 6.22. The smallest absolute Gasteiger partial charge is 0.222 e. The van der Waals surface area contributed by atoms with Crippen LogP contribution in [-0.4, -0.2) is 39.5 Å². The molecule has 1 aromatic heterocycles. The Morgan fingerprint density at radius 2 is 2.06 bits per heavy atom. The van der Waals surface area contributed by atoms with Gasteiger partial charge in [0.15, 0.2) is 0 Å². The second-order valence-electron chi connectivity index (χ2n) is 5.08. The van der Waals surface area contributed by atoms with Gasteiger partial charge in [-0.05, 0) is 26.2 Å². The summed E-state index contributed by atoms with van der Waals surface area (Å²) in [5, 5.41) is 3.97. The van der Waals surface area contributed by atoms with Gasteiger partial charge in [0.05, 0.1) is 17.4 Å². The first-order chi connectivity index (χ1) is 8.22. The molecule has 5 heteroatoms. The molecule has 2 unspecified atom stereocenters. The summed E-state index contributed by atoms with van der Waals surface area (Å²) in [6.45, 7) is 3.42. The molecule has 1 saturated heterocycles. The minimum absolute atomic E-state index is 0.465. The zero-order valence-electron chi connectivity index (χ0n) is 9.93. The van der Waals surface area contributed by atoms with E-state index in [9.17, 15) is 0 Å². The maximum atomic E-state index is 5.76. The fourth-order valence-corrected chi connectivity index (χ4v) is 2.74. The van der Waals surface area contributed by atoms with Gasteiger partial charge in [0.2, 0.25) is 5.95 Å². The van der Waals surface area contributed by atoms with Crippen molar-refractivity contribution in [3.63, 3.8) is 0 Å². The van der Waals surface area contributed by atoms with Gasteiger partial charge in [-0.25, -0.2) is 9.97 Å². The van der Waals surface area contributed by atoms with Crippen LogP contribution < -0.4 is 5.32 Å². The number of rotatable bonds is 3. The van der Waals surface area contributed by atoms with E-state index in [4.69, 9.17) is 11.6 Å². The Morgan fingerprint density at radius 3 is 2.71 bits per heavy atom. The van der Waals surface area contributed by atoms with Crippen molar-refractivity contribution in [1.29, 1.82) is 0 Å². The van der Waals surface area contributed by atoms with E-state index in [1.165, 1.54) is 19.3 Å². The van der Waals surface area contributed by atoms with Crippen LogP contribution in [0.25, 0.3) is 0 Å². The third-order valence-corrected chi connectivity index (χ3v) is 3.79. The van der Waals surface area contributed by atoms with Crippen molar-refractivity contribution in [2.45, 2.75) is 44.3 Å². The fraction of sp³-hybridized carbons (Fsp3) is 0.667. The Kier molecular flexibility index (Phi) is 2.92. The van der Waals surface area contributed by atoms with Crippen molar-refractivity contribution in [3.8, 4) is 0 Å². The van der Waals surface area contributed by atoms with Gasteiger partial charge in [-0.15, -0.1) is 0 Å². The first kappa shape index (κ1) is 11.2. The van der Waals surface area contributed by atoms with Crippen molar-refractivity contribution < 1.29 is 0 Å². The first-order valence-corrected chi connectivity index (χ1v) is 6.60. The molecule has 0 bridgehead atoms. The van der Waals surface area contributed by atoms with Gasteiger partial charge in [0.1, 0.15) is 0 Å². The third kappa shape index (κ3) is 2.53. The quantitative estimate of drug-likeness (QED) is 0.895. The van der Waals surface area contributed by atoms with Crippen molar-refractivity contribution >= 4 is 17.5 Å². The molecule has 92 valence electrons. The van der Waals surface area contributed by atoms with Crippen molar-refractivity contribution in [2.24, 2.45) is 0 Å². The average Bonchev–Trinajstić information content (AvgIpc) is 3.08. The second kappa shape index (κ2) is 4.42. The number of halogens is 1. The molecule has 2 heterocycles. The van der Waals surface area contributed by atoms with Gasteiger partial charge in [0.25, 0.3) is 0 Å². The van der Waals surface area contributed by atoms with E-state index < -0.39 is 0 Å². The molecule has 1 aliphatic carbocycles. The van der Waals surface area contributed by atoms with E-state index in [1.807, 2.05) is 0 Å². The second-order valence-corrected chi connectivity index (χ2v) is 5.52. The Labute approximate surface area is 106 Å². The number of aromatic nitrogens is 2. The molecule has 0 aromatic carbocycles. The summed E-state index contributed by atoms with van der Waals surface area (Å²) in [6, 6.07) is 1.97. The van der Waals surface area contributed by atoms with E-state index in [0.29, 0.717) is 23.1 Å². The van der Waals surface area contributed by atoms with Gasteiger partial charge in [-0.1, -0.05) is 11.6 Å². The normalized spacial score (nSPS) is 29.5. The lowest BCUT2D eigenvalue weighted by atomic mass is 10.2. The van der Waals surface area contributed by atoms with E-state index in [1.54, 1.807) is 12.4 Å². The molecule has 0 radical (unpaired) electrons. The highest BCUT2D eigenvalue weighted by atomic mass is 35.5. The summed E-state index contributed by atoms with van der Waals surface area (Å²) in [4.78, 5) is 11.0. The number of nitrogens with one attached hydrogen (secondary N) is 1. The van der Waals surface area contributed by atoms with Crippen LogP contribution >= 0.6 is 11.6 Å². The maximum Gasteiger partial charge on any atom is 0.222 e. The molecule has 2 fully saturated rings. The Hall–Kier alpha value is -0.870. The topological polar surface area (TPSA) is 41.1 Å². The summed E-state index contributed by atoms with van der Waals surface area (Å²) in [7, 11) is 0. The average molecular weight is 253 g/mol. The van der Waals surface area contributed by atoms with Crippen molar-refractivity contribution in [3.05, 3.63) is 17.4 Å². The van der Waals surface area contributed by atoms with Gasteiger partial charge in [-0.3, -0.25) is 4.90 Å². The number of anilines is 1. The Balaban J connectivity index is 1.61. The number of hydrogen-bond donors (Lipinski definition) is 1. The molecule has 2 atom stereocenters. The van der Waals surface area contributed by atoms with Crippen LogP contribution in [0, 0.1) is 0 Å². The molecule has 2 aliphatic rings. The highest BCUT2D eigenvalue weighted by Gasteiger charge is 2.38. The molecule has 4 nitrogen and oxygen atoms in total. The van der Waals surface area contributed by atoms with Crippen LogP contribution in [0.1, 0.15) is 26.2 Å². The molecule has 3 rings (SSSR count).